The average Bonchev–Trinajstić information content (AvgIpc) is 2.96. The molecule has 128 valence electrons. The third-order valence-electron chi connectivity index (χ3n) is 4.57. The topological polar surface area (TPSA) is 97.7 Å². The first-order chi connectivity index (χ1) is 11.6. The maximum absolute atomic E-state index is 12.5. The highest BCUT2D eigenvalue weighted by molar-refractivity contribution is 5.95. The molecule has 1 saturated heterocycles. The predicted molar refractivity (Wildman–Crippen MR) is 85.5 cm³/mol. The summed E-state index contributed by atoms with van der Waals surface area (Å²) in [7, 11) is 1.85. The van der Waals surface area contributed by atoms with Crippen LogP contribution in [0.3, 0.4) is 0 Å². The highest BCUT2D eigenvalue weighted by atomic mass is 16.5. The van der Waals surface area contributed by atoms with Crippen LogP contribution in [0.5, 0.6) is 0 Å². The molecule has 8 nitrogen and oxygen atoms in total. The van der Waals surface area contributed by atoms with Crippen molar-refractivity contribution in [2.75, 3.05) is 6.54 Å². The highest BCUT2D eigenvalue weighted by Gasteiger charge is 2.32. The van der Waals surface area contributed by atoms with Crippen molar-refractivity contribution in [3.8, 4) is 0 Å². The number of aryl methyl sites for hydroxylation is 2. The number of rotatable bonds is 5. The number of nitrogens with one attached hydrogen (secondary N) is 2. The van der Waals surface area contributed by atoms with Crippen LogP contribution >= 0.6 is 0 Å². The summed E-state index contributed by atoms with van der Waals surface area (Å²) in [4.78, 5) is 16.8. The molecule has 2 fully saturated rings. The van der Waals surface area contributed by atoms with Crippen LogP contribution < -0.4 is 5.32 Å². The summed E-state index contributed by atoms with van der Waals surface area (Å²) in [5, 5.41) is 14.4. The molecule has 0 radical (unpaired) electrons. The summed E-state index contributed by atoms with van der Waals surface area (Å²) in [5.74, 6) is 1.87. The Morgan fingerprint density at radius 3 is 2.96 bits per heavy atom. The third kappa shape index (κ3) is 3.06. The van der Waals surface area contributed by atoms with Gasteiger partial charge in [-0.2, -0.15) is 10.2 Å². The molecule has 8 heteroatoms. The lowest BCUT2D eigenvalue weighted by Crippen LogP contribution is -2.32. The van der Waals surface area contributed by atoms with E-state index in [1.165, 1.54) is 0 Å². The first-order valence-corrected chi connectivity index (χ1v) is 8.46. The van der Waals surface area contributed by atoms with Gasteiger partial charge in [-0.3, -0.25) is 14.6 Å². The van der Waals surface area contributed by atoms with Crippen LogP contribution in [0.2, 0.25) is 0 Å². The summed E-state index contributed by atoms with van der Waals surface area (Å²) < 4.78 is 7.68. The lowest BCUT2D eigenvalue weighted by Gasteiger charge is -2.12. The largest absolute Gasteiger partial charge is 0.365 e. The van der Waals surface area contributed by atoms with Gasteiger partial charge in [0.25, 0.3) is 5.91 Å². The molecule has 2 aromatic rings. The average molecular weight is 330 g/mol. The molecule has 4 rings (SSSR count). The molecule has 0 aromatic carbocycles. The number of aromatic nitrogens is 5. The second-order valence-electron chi connectivity index (χ2n) is 6.69. The van der Waals surface area contributed by atoms with Gasteiger partial charge in [-0.15, -0.1) is 0 Å². The molecular weight excluding hydrogens is 308 g/mol. The van der Waals surface area contributed by atoms with E-state index in [0.29, 0.717) is 23.9 Å². The van der Waals surface area contributed by atoms with Crippen molar-refractivity contribution in [2.45, 2.75) is 50.7 Å². The van der Waals surface area contributed by atoms with Crippen molar-refractivity contribution in [2.24, 2.45) is 7.05 Å². The van der Waals surface area contributed by atoms with Gasteiger partial charge < -0.3 is 10.1 Å². The Labute approximate surface area is 140 Å². The standard InChI is InChI=1S/C16H22N6O2/c1-9-18-15(20-19-9)13-6-5-11(24-13)7-17-16(23)12-8-22(2)21-14(12)10-3-4-10/h8,10-11,13H,3-7H2,1-2H3,(H,17,23)(H,18,19,20)/t11-,13+/m1/s1. The Balaban J connectivity index is 1.33. The van der Waals surface area contributed by atoms with Gasteiger partial charge >= 0.3 is 0 Å². The maximum atomic E-state index is 12.5. The zero-order valence-corrected chi connectivity index (χ0v) is 14.0. The monoisotopic (exact) mass is 330 g/mol. The van der Waals surface area contributed by atoms with Crippen LogP contribution in [0.4, 0.5) is 0 Å². The van der Waals surface area contributed by atoms with Crippen molar-refractivity contribution in [1.82, 2.24) is 30.3 Å². The number of hydrogen-bond acceptors (Lipinski definition) is 5. The van der Waals surface area contributed by atoms with Crippen LogP contribution in [0.25, 0.3) is 0 Å². The summed E-state index contributed by atoms with van der Waals surface area (Å²) in [6, 6.07) is 0. The Bertz CT molecular complexity index is 748. The fourth-order valence-electron chi connectivity index (χ4n) is 3.19. The second-order valence-corrected chi connectivity index (χ2v) is 6.69. The number of ether oxygens (including phenoxy) is 1. The number of amides is 1. The van der Waals surface area contributed by atoms with Crippen LogP contribution in [-0.4, -0.2) is 43.5 Å². The first kappa shape index (κ1) is 15.3. The van der Waals surface area contributed by atoms with E-state index in [1.54, 1.807) is 10.9 Å². The van der Waals surface area contributed by atoms with Crippen molar-refractivity contribution >= 4 is 5.91 Å². The van der Waals surface area contributed by atoms with E-state index in [-0.39, 0.29) is 18.1 Å². The zero-order valence-electron chi connectivity index (χ0n) is 14.0. The van der Waals surface area contributed by atoms with Gasteiger partial charge in [0, 0.05) is 25.7 Å². The van der Waals surface area contributed by atoms with Crippen LogP contribution in [0, 0.1) is 6.92 Å². The molecule has 1 saturated carbocycles. The summed E-state index contributed by atoms with van der Waals surface area (Å²) in [5.41, 5.74) is 1.62. The minimum atomic E-state index is -0.0859. The molecule has 0 bridgehead atoms. The lowest BCUT2D eigenvalue weighted by atomic mass is 10.1. The van der Waals surface area contributed by atoms with E-state index in [1.807, 2.05) is 14.0 Å². The van der Waals surface area contributed by atoms with E-state index in [4.69, 9.17) is 4.74 Å². The predicted octanol–water partition coefficient (Wildman–Crippen LogP) is 1.37. The summed E-state index contributed by atoms with van der Waals surface area (Å²) in [6.45, 7) is 2.37. The molecule has 0 spiro atoms. The molecule has 2 atom stereocenters. The maximum Gasteiger partial charge on any atom is 0.254 e. The first-order valence-electron chi connectivity index (χ1n) is 8.46. The van der Waals surface area contributed by atoms with Gasteiger partial charge in [0.1, 0.15) is 11.9 Å². The molecule has 1 aliphatic heterocycles. The third-order valence-corrected chi connectivity index (χ3v) is 4.57. The summed E-state index contributed by atoms with van der Waals surface area (Å²) in [6.07, 6.45) is 5.73. The normalized spacial score (nSPS) is 23.6. The van der Waals surface area contributed by atoms with E-state index in [9.17, 15) is 4.79 Å². The smallest absolute Gasteiger partial charge is 0.254 e. The van der Waals surface area contributed by atoms with Gasteiger partial charge in [0.15, 0.2) is 5.82 Å². The second kappa shape index (κ2) is 6.01. The quantitative estimate of drug-likeness (QED) is 0.863. The van der Waals surface area contributed by atoms with Crippen LogP contribution in [0.1, 0.15) is 65.4 Å². The molecule has 1 aliphatic carbocycles. The number of hydrogen-bond donors (Lipinski definition) is 2. The molecule has 24 heavy (non-hydrogen) atoms. The Morgan fingerprint density at radius 2 is 2.25 bits per heavy atom. The highest BCUT2D eigenvalue weighted by Crippen LogP contribution is 2.40. The SMILES string of the molecule is Cc1nc([C@@H]2CC[C@H](CNC(=O)c3cn(C)nc3C3CC3)O2)n[nH]1. The van der Waals surface area contributed by atoms with E-state index < -0.39 is 0 Å². The Hall–Kier alpha value is -2.22. The number of H-pyrrole nitrogens is 1. The van der Waals surface area contributed by atoms with Crippen molar-refractivity contribution in [3.05, 3.63) is 29.1 Å². The van der Waals surface area contributed by atoms with Gasteiger partial charge in [0.2, 0.25) is 0 Å². The fraction of sp³-hybridized carbons (Fsp3) is 0.625. The minimum absolute atomic E-state index is 0.00111. The number of nitrogens with zero attached hydrogens (tertiary/aromatic N) is 4. The lowest BCUT2D eigenvalue weighted by molar-refractivity contribution is 0.0392. The summed E-state index contributed by atoms with van der Waals surface area (Å²) >= 11 is 0. The fourth-order valence-corrected chi connectivity index (χ4v) is 3.19. The number of carbonyl (C=O) groups excluding carboxylic acids is 1. The zero-order chi connectivity index (χ0) is 16.7. The van der Waals surface area contributed by atoms with E-state index >= 15 is 0 Å². The van der Waals surface area contributed by atoms with Gasteiger partial charge in [-0.1, -0.05) is 0 Å². The number of carbonyl (C=O) groups is 1. The van der Waals surface area contributed by atoms with Crippen molar-refractivity contribution in [3.63, 3.8) is 0 Å². The van der Waals surface area contributed by atoms with E-state index in [2.05, 4.69) is 25.6 Å². The van der Waals surface area contributed by atoms with Gasteiger partial charge in [-0.25, -0.2) is 4.98 Å². The van der Waals surface area contributed by atoms with Gasteiger partial charge in [0.05, 0.1) is 17.4 Å². The molecular formula is C16H22N6O2. The van der Waals surface area contributed by atoms with Gasteiger partial charge in [-0.05, 0) is 32.6 Å². The Kier molecular flexibility index (Phi) is 3.84. The molecule has 1 amide bonds. The van der Waals surface area contributed by atoms with Crippen molar-refractivity contribution < 1.29 is 9.53 Å². The Morgan fingerprint density at radius 1 is 1.42 bits per heavy atom. The minimum Gasteiger partial charge on any atom is -0.365 e. The number of aromatic amines is 1. The van der Waals surface area contributed by atoms with Crippen LogP contribution in [0.15, 0.2) is 6.20 Å². The van der Waals surface area contributed by atoms with E-state index in [0.717, 1.165) is 37.2 Å². The molecule has 0 unspecified atom stereocenters. The molecule has 2 aromatic heterocycles. The molecule has 3 heterocycles. The molecule has 2 aliphatic rings. The van der Waals surface area contributed by atoms with Crippen LogP contribution in [-0.2, 0) is 11.8 Å². The van der Waals surface area contributed by atoms with Crippen molar-refractivity contribution in [1.29, 1.82) is 0 Å². The molecule has 2 N–H and O–H groups in total.